The number of aromatic nitrogens is 2. The number of aryl methyl sites for hydroxylation is 1. The summed E-state index contributed by atoms with van der Waals surface area (Å²) in [6, 6.07) is 5.33. The first kappa shape index (κ1) is 20.3. The van der Waals surface area contributed by atoms with Crippen LogP contribution in [0.1, 0.15) is 18.4 Å². The average molecular weight is 411 g/mol. The van der Waals surface area contributed by atoms with E-state index in [0.29, 0.717) is 18.4 Å². The minimum Gasteiger partial charge on any atom is -0.369 e. The SMILES string of the molecule is Cc1cc(Nc2ncc(F)c(N[C@@H]3CCC(=C=O)[C@@H]3N)n2)ccc1N1CCNCC1. The molecule has 5 N–H and O–H groups in total. The fraction of sp³-hybridized carbons (Fsp3) is 0.429. The van der Waals surface area contributed by atoms with E-state index in [0.717, 1.165) is 43.6 Å². The van der Waals surface area contributed by atoms with Crippen LogP contribution >= 0.6 is 0 Å². The molecule has 0 spiro atoms. The molecule has 1 aliphatic carbocycles. The van der Waals surface area contributed by atoms with Gasteiger partial charge in [0, 0.05) is 49.2 Å². The number of benzene rings is 1. The summed E-state index contributed by atoms with van der Waals surface area (Å²) in [4.78, 5) is 21.6. The van der Waals surface area contributed by atoms with E-state index in [2.05, 4.69) is 43.8 Å². The highest BCUT2D eigenvalue weighted by Crippen LogP contribution is 2.27. The van der Waals surface area contributed by atoms with Crippen LogP contribution in [-0.4, -0.2) is 54.2 Å². The van der Waals surface area contributed by atoms with Crippen molar-refractivity contribution in [2.75, 3.05) is 41.7 Å². The molecule has 1 aliphatic heterocycles. The zero-order valence-electron chi connectivity index (χ0n) is 16.9. The molecular formula is C21H26FN7O. The van der Waals surface area contributed by atoms with Gasteiger partial charge in [-0.2, -0.15) is 4.98 Å². The fourth-order valence-corrected chi connectivity index (χ4v) is 4.01. The third-order valence-electron chi connectivity index (χ3n) is 5.67. The van der Waals surface area contributed by atoms with Gasteiger partial charge in [-0.05, 0) is 43.5 Å². The quantitative estimate of drug-likeness (QED) is 0.551. The number of nitrogens with one attached hydrogen (secondary N) is 3. The minimum atomic E-state index is -0.568. The van der Waals surface area contributed by atoms with Gasteiger partial charge in [-0.25, -0.2) is 14.2 Å². The Hall–Kier alpha value is -3.00. The highest BCUT2D eigenvalue weighted by atomic mass is 19.1. The Morgan fingerprint density at radius 2 is 2.13 bits per heavy atom. The molecular weight excluding hydrogens is 385 g/mol. The summed E-state index contributed by atoms with van der Waals surface area (Å²) < 4.78 is 14.2. The first-order valence-corrected chi connectivity index (χ1v) is 10.2. The van der Waals surface area contributed by atoms with Crippen LogP contribution in [0.3, 0.4) is 0 Å². The van der Waals surface area contributed by atoms with Crippen LogP contribution in [-0.2, 0) is 4.79 Å². The van der Waals surface area contributed by atoms with Gasteiger partial charge in [0.15, 0.2) is 11.6 Å². The summed E-state index contributed by atoms with van der Waals surface area (Å²) in [5, 5.41) is 9.51. The largest absolute Gasteiger partial charge is 0.369 e. The molecule has 2 aliphatic rings. The van der Waals surface area contributed by atoms with E-state index in [-0.39, 0.29) is 17.8 Å². The number of hydrogen-bond acceptors (Lipinski definition) is 8. The predicted molar refractivity (Wildman–Crippen MR) is 115 cm³/mol. The van der Waals surface area contributed by atoms with Crippen LogP contribution in [0.2, 0.25) is 0 Å². The maximum Gasteiger partial charge on any atom is 0.229 e. The Morgan fingerprint density at radius 3 is 2.83 bits per heavy atom. The van der Waals surface area contributed by atoms with Crippen LogP contribution in [0.25, 0.3) is 0 Å². The molecule has 1 saturated heterocycles. The van der Waals surface area contributed by atoms with Crippen molar-refractivity contribution >= 4 is 29.1 Å². The fourth-order valence-electron chi connectivity index (χ4n) is 4.01. The molecule has 1 aromatic carbocycles. The number of nitrogens with two attached hydrogens (primary N) is 1. The van der Waals surface area contributed by atoms with Gasteiger partial charge < -0.3 is 26.6 Å². The Balaban J connectivity index is 1.48. The van der Waals surface area contributed by atoms with Crippen LogP contribution in [0.15, 0.2) is 30.0 Å². The Morgan fingerprint density at radius 1 is 1.33 bits per heavy atom. The lowest BCUT2D eigenvalue weighted by Gasteiger charge is -2.30. The summed E-state index contributed by atoms with van der Waals surface area (Å²) in [6.07, 6.45) is 2.31. The number of anilines is 4. The van der Waals surface area contributed by atoms with E-state index < -0.39 is 11.9 Å². The van der Waals surface area contributed by atoms with Gasteiger partial charge in [-0.3, -0.25) is 0 Å². The molecule has 158 valence electrons. The van der Waals surface area contributed by atoms with Crippen molar-refractivity contribution in [3.63, 3.8) is 0 Å². The maximum atomic E-state index is 14.2. The standard InChI is InChI=1S/C21H26FN7O/c1-13-10-15(3-5-18(13)29-8-6-24-7-9-29)26-21-25-11-16(22)20(28-21)27-17-4-2-14(12-30)19(17)23/h3,5,10-11,17,19,24H,2,4,6-9,23H2,1H3,(H2,25,26,27,28)/t17-,19+/m1/s1. The van der Waals surface area contributed by atoms with Gasteiger partial charge >= 0.3 is 0 Å². The second-order valence-electron chi connectivity index (χ2n) is 7.70. The van der Waals surface area contributed by atoms with Gasteiger partial charge in [0.25, 0.3) is 0 Å². The third kappa shape index (κ3) is 4.28. The summed E-state index contributed by atoms with van der Waals surface area (Å²) in [5.41, 5.74) is 9.73. The zero-order valence-corrected chi connectivity index (χ0v) is 16.9. The Labute approximate surface area is 174 Å². The topological polar surface area (TPSA) is 108 Å². The zero-order chi connectivity index (χ0) is 21.1. The summed E-state index contributed by atoms with van der Waals surface area (Å²) >= 11 is 0. The van der Waals surface area contributed by atoms with Crippen LogP contribution < -0.4 is 26.6 Å². The Bertz CT molecular complexity index is 970. The van der Waals surface area contributed by atoms with Crippen molar-refractivity contribution in [1.82, 2.24) is 15.3 Å². The molecule has 2 atom stereocenters. The maximum absolute atomic E-state index is 14.2. The lowest BCUT2D eigenvalue weighted by atomic mass is 10.1. The number of carbonyl (C=O) groups excluding carboxylic acids is 1. The van der Waals surface area contributed by atoms with Gasteiger partial charge in [0.2, 0.25) is 5.95 Å². The molecule has 4 rings (SSSR count). The number of nitrogens with zero attached hydrogens (tertiary/aromatic N) is 3. The van der Waals surface area contributed by atoms with Crippen LogP contribution in [0.5, 0.6) is 0 Å². The molecule has 30 heavy (non-hydrogen) atoms. The molecule has 0 bridgehead atoms. The highest BCUT2D eigenvalue weighted by Gasteiger charge is 2.30. The second kappa shape index (κ2) is 8.79. The summed E-state index contributed by atoms with van der Waals surface area (Å²) in [6.45, 7) is 5.99. The first-order valence-electron chi connectivity index (χ1n) is 10.2. The van der Waals surface area contributed by atoms with E-state index in [1.165, 1.54) is 5.69 Å². The second-order valence-corrected chi connectivity index (χ2v) is 7.70. The molecule has 0 unspecified atom stereocenters. The molecule has 0 amide bonds. The smallest absolute Gasteiger partial charge is 0.229 e. The van der Waals surface area contributed by atoms with Crippen molar-refractivity contribution in [2.45, 2.75) is 31.8 Å². The van der Waals surface area contributed by atoms with Crippen molar-refractivity contribution < 1.29 is 9.18 Å². The summed E-state index contributed by atoms with van der Waals surface area (Å²) in [5.74, 6) is 1.66. The van der Waals surface area contributed by atoms with E-state index in [1.54, 1.807) is 0 Å². The third-order valence-corrected chi connectivity index (χ3v) is 5.67. The first-order chi connectivity index (χ1) is 14.5. The van der Waals surface area contributed by atoms with Crippen LogP contribution in [0.4, 0.5) is 27.5 Å². The van der Waals surface area contributed by atoms with Gasteiger partial charge in [0.1, 0.15) is 5.94 Å². The van der Waals surface area contributed by atoms with Crippen molar-refractivity contribution in [1.29, 1.82) is 0 Å². The van der Waals surface area contributed by atoms with Gasteiger partial charge in [0.05, 0.1) is 12.2 Å². The molecule has 2 heterocycles. The molecule has 2 fully saturated rings. The number of piperazine rings is 1. The van der Waals surface area contributed by atoms with E-state index in [9.17, 15) is 9.18 Å². The van der Waals surface area contributed by atoms with E-state index >= 15 is 0 Å². The van der Waals surface area contributed by atoms with Gasteiger partial charge in [-0.15, -0.1) is 0 Å². The minimum absolute atomic E-state index is 0.0641. The Kier molecular flexibility index (Phi) is 5.94. The monoisotopic (exact) mass is 411 g/mol. The molecule has 9 heteroatoms. The average Bonchev–Trinajstić information content (AvgIpc) is 3.10. The summed E-state index contributed by atoms with van der Waals surface area (Å²) in [7, 11) is 0. The lowest BCUT2D eigenvalue weighted by molar-refractivity contribution is 0.564. The van der Waals surface area contributed by atoms with Crippen LogP contribution in [0, 0.1) is 12.7 Å². The molecule has 8 nitrogen and oxygen atoms in total. The van der Waals surface area contributed by atoms with Crippen molar-refractivity contribution in [2.24, 2.45) is 5.73 Å². The van der Waals surface area contributed by atoms with E-state index in [4.69, 9.17) is 5.73 Å². The van der Waals surface area contributed by atoms with Gasteiger partial charge in [-0.1, -0.05) is 0 Å². The normalized spacial score (nSPS) is 21.4. The molecule has 2 aromatic rings. The van der Waals surface area contributed by atoms with Crippen molar-refractivity contribution in [3.05, 3.63) is 41.3 Å². The predicted octanol–water partition coefficient (Wildman–Crippen LogP) is 1.74. The molecule has 1 saturated carbocycles. The number of halogens is 1. The number of hydrogen-bond donors (Lipinski definition) is 4. The lowest BCUT2D eigenvalue weighted by Crippen LogP contribution is -2.43. The molecule has 1 aromatic heterocycles. The highest BCUT2D eigenvalue weighted by molar-refractivity contribution is 5.64. The molecule has 0 radical (unpaired) electrons. The van der Waals surface area contributed by atoms with E-state index in [1.807, 2.05) is 18.1 Å². The number of rotatable bonds is 5. The van der Waals surface area contributed by atoms with Crippen molar-refractivity contribution in [3.8, 4) is 0 Å².